The van der Waals surface area contributed by atoms with Crippen LogP contribution in [0.1, 0.15) is 43.1 Å². The van der Waals surface area contributed by atoms with Gasteiger partial charge >= 0.3 is 0 Å². The number of hydrogen-bond acceptors (Lipinski definition) is 6. The van der Waals surface area contributed by atoms with Gasteiger partial charge in [0, 0.05) is 54.9 Å². The molecule has 2 aliphatic rings. The van der Waals surface area contributed by atoms with E-state index in [1.165, 1.54) is 5.56 Å². The van der Waals surface area contributed by atoms with Crippen molar-refractivity contribution in [3.05, 3.63) is 108 Å². The van der Waals surface area contributed by atoms with E-state index < -0.39 is 0 Å². The van der Waals surface area contributed by atoms with Crippen LogP contribution >= 0.6 is 0 Å². The van der Waals surface area contributed by atoms with E-state index in [0.717, 1.165) is 77.7 Å². The normalized spacial score (nSPS) is 15.4. The Bertz CT molecular complexity index is 1570. The maximum Gasteiger partial charge on any atom is 0.251 e. The molecule has 4 aromatic rings. The third-order valence-electron chi connectivity index (χ3n) is 8.52. The molecule has 1 N–H and O–H groups in total. The van der Waals surface area contributed by atoms with Crippen molar-refractivity contribution in [1.29, 1.82) is 0 Å². The summed E-state index contributed by atoms with van der Waals surface area (Å²) in [5, 5.41) is 3.15. The monoisotopic (exact) mass is 591 g/mol. The summed E-state index contributed by atoms with van der Waals surface area (Å²) in [7, 11) is 2.18. The number of ether oxygens (including phenoxy) is 2. The Hall–Kier alpha value is -4.33. The van der Waals surface area contributed by atoms with Crippen molar-refractivity contribution in [2.75, 3.05) is 43.6 Å². The van der Waals surface area contributed by atoms with Crippen LogP contribution in [0.4, 0.5) is 11.4 Å². The molecule has 0 radical (unpaired) electrons. The maximum absolute atomic E-state index is 13.7. The first kappa shape index (κ1) is 29.7. The molecule has 0 saturated carbocycles. The highest BCUT2D eigenvalue weighted by Crippen LogP contribution is 2.36. The first-order chi connectivity index (χ1) is 21.6. The number of anilines is 2. The molecular weight excluding hydrogens is 550 g/mol. The molecule has 44 heavy (non-hydrogen) atoms. The second kappa shape index (κ2) is 14.0. The molecule has 7 heteroatoms. The first-order valence-electron chi connectivity index (χ1n) is 15.6. The van der Waals surface area contributed by atoms with Gasteiger partial charge in [-0.15, -0.1) is 0 Å². The van der Waals surface area contributed by atoms with Crippen LogP contribution in [0.15, 0.2) is 95.1 Å². The molecule has 0 unspecified atom stereocenters. The van der Waals surface area contributed by atoms with E-state index in [9.17, 15) is 4.79 Å². The van der Waals surface area contributed by atoms with Gasteiger partial charge < -0.3 is 24.1 Å². The average molecular weight is 592 g/mol. The predicted octanol–water partition coefficient (Wildman–Crippen LogP) is 7.39. The second-order valence-electron chi connectivity index (χ2n) is 11.5. The van der Waals surface area contributed by atoms with Crippen LogP contribution in [0, 0.1) is 0 Å². The quantitative estimate of drug-likeness (QED) is 0.208. The lowest BCUT2D eigenvalue weighted by molar-refractivity contribution is -0.112. The Labute approximate surface area is 260 Å². The lowest BCUT2D eigenvalue weighted by atomic mass is 9.99. The average Bonchev–Trinajstić information content (AvgIpc) is 3.50. The Morgan fingerprint density at radius 2 is 1.84 bits per heavy atom. The molecular formula is C37H41N3O4. The number of benzene rings is 3. The number of amides is 1. The van der Waals surface area contributed by atoms with E-state index in [1.807, 2.05) is 55.5 Å². The molecule has 6 rings (SSSR count). The number of hydrogen-bond donors (Lipinski definition) is 1. The summed E-state index contributed by atoms with van der Waals surface area (Å²) in [6, 6.07) is 27.2. The lowest BCUT2D eigenvalue weighted by Crippen LogP contribution is -2.36. The summed E-state index contributed by atoms with van der Waals surface area (Å²) in [6.07, 6.45) is 6.49. The number of carbonyl (C=O) groups is 1. The predicted molar refractivity (Wildman–Crippen MR) is 176 cm³/mol. The maximum atomic E-state index is 13.7. The van der Waals surface area contributed by atoms with Gasteiger partial charge in [0.2, 0.25) is 0 Å². The van der Waals surface area contributed by atoms with Crippen molar-refractivity contribution in [3.8, 4) is 16.9 Å². The molecule has 1 amide bonds. The van der Waals surface area contributed by atoms with Crippen molar-refractivity contribution in [2.24, 2.45) is 0 Å². The fourth-order valence-electron chi connectivity index (χ4n) is 6.13. The van der Waals surface area contributed by atoms with E-state index in [4.69, 9.17) is 13.9 Å². The van der Waals surface area contributed by atoms with E-state index in [2.05, 4.69) is 58.6 Å². The van der Waals surface area contributed by atoms with Crippen molar-refractivity contribution >= 4 is 23.4 Å². The van der Waals surface area contributed by atoms with Crippen molar-refractivity contribution in [3.63, 3.8) is 0 Å². The Morgan fingerprint density at radius 3 is 2.61 bits per heavy atom. The van der Waals surface area contributed by atoms with E-state index in [0.29, 0.717) is 32.2 Å². The number of fused-ring (bicyclic) bond motifs is 1. The van der Waals surface area contributed by atoms with Crippen LogP contribution in [0.2, 0.25) is 0 Å². The standard InChI is InChI=1S/C37H41N3O4/c1-3-43-36-9-5-4-8-34(36)28-12-15-35-30(23-28)24-29(16-19-40(35)26-33-7-6-20-44-33)37(41)38-31-13-10-27(11-14-31)25-39(2)32-17-21-42-22-18-32/h4-15,20,23-24,32H,3,16-19,21-22,25-26H2,1-2H3,(H,38,41). The van der Waals surface area contributed by atoms with E-state index >= 15 is 0 Å². The van der Waals surface area contributed by atoms with Crippen LogP contribution in [-0.2, 0) is 22.6 Å². The van der Waals surface area contributed by atoms with Crippen LogP contribution in [0.5, 0.6) is 5.75 Å². The van der Waals surface area contributed by atoms with Crippen LogP contribution < -0.4 is 15.0 Å². The number of furan rings is 1. The highest BCUT2D eigenvalue weighted by Gasteiger charge is 2.22. The first-order valence-corrected chi connectivity index (χ1v) is 15.6. The van der Waals surface area contributed by atoms with Gasteiger partial charge in [-0.2, -0.15) is 0 Å². The van der Waals surface area contributed by atoms with Crippen molar-refractivity contribution < 1.29 is 18.7 Å². The van der Waals surface area contributed by atoms with Crippen LogP contribution in [0.3, 0.4) is 0 Å². The van der Waals surface area contributed by atoms with Crippen molar-refractivity contribution in [2.45, 2.75) is 45.3 Å². The highest BCUT2D eigenvalue weighted by atomic mass is 16.5. The number of nitrogens with one attached hydrogen (secondary N) is 1. The van der Waals surface area contributed by atoms with Gasteiger partial charge in [-0.05, 0) is 98.5 Å². The van der Waals surface area contributed by atoms with Gasteiger partial charge in [0.05, 0.1) is 19.4 Å². The smallest absolute Gasteiger partial charge is 0.251 e. The number of carbonyl (C=O) groups excluding carboxylic acids is 1. The van der Waals surface area contributed by atoms with Crippen LogP contribution in [0.25, 0.3) is 17.2 Å². The Morgan fingerprint density at radius 1 is 1.02 bits per heavy atom. The minimum absolute atomic E-state index is 0.0806. The summed E-state index contributed by atoms with van der Waals surface area (Å²) in [5.41, 5.74) is 6.91. The molecule has 1 aromatic heterocycles. The van der Waals surface area contributed by atoms with Crippen molar-refractivity contribution in [1.82, 2.24) is 4.90 Å². The SMILES string of the molecule is CCOc1ccccc1-c1ccc2c(c1)C=C(C(=O)Nc1ccc(CN(C)C3CCOCC3)cc1)CCN2Cc1ccco1. The number of para-hydroxylation sites is 1. The lowest BCUT2D eigenvalue weighted by Gasteiger charge is -2.31. The third-order valence-corrected chi connectivity index (χ3v) is 8.52. The van der Waals surface area contributed by atoms with Gasteiger partial charge in [0.1, 0.15) is 11.5 Å². The summed E-state index contributed by atoms with van der Waals surface area (Å²) in [6.45, 7) is 6.46. The van der Waals surface area contributed by atoms with Crippen LogP contribution in [-0.4, -0.2) is 50.3 Å². The molecule has 1 saturated heterocycles. The zero-order valence-corrected chi connectivity index (χ0v) is 25.6. The minimum Gasteiger partial charge on any atom is -0.493 e. The largest absolute Gasteiger partial charge is 0.493 e. The Balaban J connectivity index is 1.22. The molecule has 1 fully saturated rings. The van der Waals surface area contributed by atoms with E-state index in [1.54, 1.807) is 6.26 Å². The van der Waals surface area contributed by atoms with Gasteiger partial charge in [-0.1, -0.05) is 36.4 Å². The molecule has 0 atom stereocenters. The fraction of sp³-hybridized carbons (Fsp3) is 0.324. The van der Waals surface area contributed by atoms with Gasteiger partial charge in [0.15, 0.2) is 0 Å². The number of nitrogens with zero attached hydrogens (tertiary/aromatic N) is 2. The topological polar surface area (TPSA) is 67.2 Å². The zero-order valence-electron chi connectivity index (χ0n) is 25.6. The summed E-state index contributed by atoms with van der Waals surface area (Å²) >= 11 is 0. The second-order valence-corrected chi connectivity index (χ2v) is 11.5. The number of rotatable bonds is 10. The Kier molecular flexibility index (Phi) is 9.44. The summed E-state index contributed by atoms with van der Waals surface area (Å²) < 4.78 is 17.1. The molecule has 0 spiro atoms. The summed E-state index contributed by atoms with van der Waals surface area (Å²) in [4.78, 5) is 18.3. The zero-order chi connectivity index (χ0) is 30.3. The van der Waals surface area contributed by atoms with Gasteiger partial charge in [-0.3, -0.25) is 9.69 Å². The molecule has 7 nitrogen and oxygen atoms in total. The van der Waals surface area contributed by atoms with Gasteiger partial charge in [0.25, 0.3) is 5.91 Å². The molecule has 3 heterocycles. The minimum atomic E-state index is -0.0806. The fourth-order valence-corrected chi connectivity index (χ4v) is 6.13. The molecule has 0 bridgehead atoms. The highest BCUT2D eigenvalue weighted by molar-refractivity contribution is 6.07. The molecule has 2 aliphatic heterocycles. The van der Waals surface area contributed by atoms with Gasteiger partial charge in [-0.25, -0.2) is 0 Å². The van der Waals surface area contributed by atoms with E-state index in [-0.39, 0.29) is 5.91 Å². The third kappa shape index (κ3) is 7.07. The summed E-state index contributed by atoms with van der Waals surface area (Å²) in [5.74, 6) is 1.65. The molecule has 228 valence electrons. The molecule has 0 aliphatic carbocycles. The molecule has 3 aromatic carbocycles.